The van der Waals surface area contributed by atoms with Crippen molar-refractivity contribution in [3.05, 3.63) is 70.7 Å². The van der Waals surface area contributed by atoms with Crippen LogP contribution in [-0.4, -0.2) is 37.5 Å². The summed E-state index contributed by atoms with van der Waals surface area (Å²) in [5, 5.41) is 0. The molecule has 1 saturated heterocycles. The van der Waals surface area contributed by atoms with E-state index in [4.69, 9.17) is 5.73 Å². The highest BCUT2D eigenvalue weighted by atomic mass is 16.1. The molecule has 3 aromatic rings. The Bertz CT molecular complexity index is 1060. The van der Waals surface area contributed by atoms with E-state index in [0.29, 0.717) is 23.3 Å². The zero-order valence-corrected chi connectivity index (χ0v) is 15.5. The maximum Gasteiger partial charge on any atom is 0.251 e. The van der Waals surface area contributed by atoms with Crippen LogP contribution < -0.4 is 11.3 Å². The van der Waals surface area contributed by atoms with E-state index in [1.807, 2.05) is 17.0 Å². The summed E-state index contributed by atoms with van der Waals surface area (Å²) >= 11 is 0. The molecule has 2 aliphatic rings. The number of likely N-dealkylation sites (tertiary alicyclic amines) is 1. The molecule has 0 saturated carbocycles. The number of nitrogen functional groups attached to an aromatic ring is 1. The van der Waals surface area contributed by atoms with Crippen LogP contribution in [0.5, 0.6) is 0 Å². The van der Waals surface area contributed by atoms with Gasteiger partial charge in [-0.2, -0.15) is 0 Å². The molecule has 28 heavy (non-hydrogen) atoms. The van der Waals surface area contributed by atoms with E-state index in [1.54, 1.807) is 12.1 Å². The molecule has 142 valence electrons. The Morgan fingerprint density at radius 3 is 2.75 bits per heavy atom. The molecule has 0 spiro atoms. The number of rotatable bonds is 3. The summed E-state index contributed by atoms with van der Waals surface area (Å²) < 4.78 is 1.96. The van der Waals surface area contributed by atoms with E-state index < -0.39 is 0 Å². The summed E-state index contributed by atoms with van der Waals surface area (Å²) in [6, 6.07) is 9.63. The van der Waals surface area contributed by atoms with Crippen molar-refractivity contribution in [1.29, 1.82) is 0 Å². The summed E-state index contributed by atoms with van der Waals surface area (Å²) in [6.45, 7) is 3.67. The molecule has 0 aromatic carbocycles. The molecular formula is C21H22N6O. The van der Waals surface area contributed by atoms with Crippen LogP contribution in [0.15, 0.2) is 53.8 Å². The van der Waals surface area contributed by atoms with Gasteiger partial charge in [0, 0.05) is 67.9 Å². The number of hydrogen-bond acceptors (Lipinski definition) is 6. The zero-order chi connectivity index (χ0) is 19.1. The van der Waals surface area contributed by atoms with Crippen LogP contribution in [0.2, 0.25) is 0 Å². The maximum absolute atomic E-state index is 12.8. The largest absolute Gasteiger partial charge is 0.384 e. The predicted molar refractivity (Wildman–Crippen MR) is 107 cm³/mol. The van der Waals surface area contributed by atoms with Crippen molar-refractivity contribution in [1.82, 2.24) is 24.4 Å². The number of nitrogens with zero attached hydrogens (tertiary/aromatic N) is 5. The molecule has 1 fully saturated rings. The van der Waals surface area contributed by atoms with Gasteiger partial charge >= 0.3 is 0 Å². The van der Waals surface area contributed by atoms with Gasteiger partial charge in [0.25, 0.3) is 5.56 Å². The van der Waals surface area contributed by atoms with Gasteiger partial charge in [-0.25, -0.2) is 9.97 Å². The van der Waals surface area contributed by atoms with Gasteiger partial charge in [0.15, 0.2) is 0 Å². The molecule has 2 aliphatic heterocycles. The van der Waals surface area contributed by atoms with Gasteiger partial charge in [0.05, 0.1) is 5.69 Å². The first kappa shape index (κ1) is 17.1. The normalized spacial score (nSPS) is 21.3. The fourth-order valence-electron chi connectivity index (χ4n) is 4.61. The van der Waals surface area contributed by atoms with Crippen molar-refractivity contribution in [2.45, 2.75) is 25.4 Å². The van der Waals surface area contributed by atoms with Gasteiger partial charge in [-0.15, -0.1) is 0 Å². The topological polar surface area (TPSA) is 89.9 Å². The van der Waals surface area contributed by atoms with Crippen LogP contribution >= 0.6 is 0 Å². The Balaban J connectivity index is 1.47. The van der Waals surface area contributed by atoms with Gasteiger partial charge in [-0.1, -0.05) is 0 Å². The molecule has 5 heterocycles. The number of hydrogen-bond donors (Lipinski definition) is 1. The van der Waals surface area contributed by atoms with Crippen LogP contribution in [0.4, 0.5) is 5.82 Å². The number of pyridine rings is 2. The summed E-state index contributed by atoms with van der Waals surface area (Å²) in [7, 11) is 0. The first-order valence-corrected chi connectivity index (χ1v) is 9.59. The minimum absolute atomic E-state index is 0.0435. The quantitative estimate of drug-likeness (QED) is 0.753. The summed E-state index contributed by atoms with van der Waals surface area (Å²) in [6.07, 6.45) is 6.25. The summed E-state index contributed by atoms with van der Waals surface area (Å²) in [5.41, 5.74) is 9.73. The van der Waals surface area contributed by atoms with Crippen molar-refractivity contribution >= 4 is 5.82 Å². The van der Waals surface area contributed by atoms with Crippen molar-refractivity contribution in [3.63, 3.8) is 0 Å². The molecule has 0 unspecified atom stereocenters. The second-order valence-corrected chi connectivity index (χ2v) is 7.79. The minimum atomic E-state index is 0.0435. The molecule has 0 radical (unpaired) electrons. The lowest BCUT2D eigenvalue weighted by Gasteiger charge is -2.43. The Hall–Kier alpha value is -3.06. The zero-order valence-electron chi connectivity index (χ0n) is 15.5. The minimum Gasteiger partial charge on any atom is -0.384 e. The summed E-state index contributed by atoms with van der Waals surface area (Å²) in [4.78, 5) is 27.7. The maximum atomic E-state index is 12.8. The second-order valence-electron chi connectivity index (χ2n) is 7.79. The second kappa shape index (κ2) is 6.83. The molecule has 3 aromatic heterocycles. The molecule has 2 atom stereocenters. The fraction of sp³-hybridized carbons (Fsp3) is 0.333. The molecule has 2 bridgehead atoms. The monoisotopic (exact) mass is 374 g/mol. The fourth-order valence-corrected chi connectivity index (χ4v) is 4.61. The van der Waals surface area contributed by atoms with Gasteiger partial charge in [-0.3, -0.25) is 14.7 Å². The standard InChI is InChI=1S/C21H22N6O/c22-20-8-18(24-13-25-20)16-6-19-17-5-15(11-27(19)21(28)7-16)10-26(12-17)9-14-1-3-23-4-2-14/h1-4,6-8,13,15,17H,5,9-12H2,(H2,22,24,25)/t15-,17+/m0/s1. The number of fused-ring (bicyclic) bond motifs is 4. The lowest BCUT2D eigenvalue weighted by atomic mass is 9.82. The lowest BCUT2D eigenvalue weighted by Crippen LogP contribution is -2.46. The third-order valence-corrected chi connectivity index (χ3v) is 5.77. The molecule has 7 heteroatoms. The van der Waals surface area contributed by atoms with Crippen LogP contribution in [-0.2, 0) is 13.1 Å². The Labute approximate surface area is 162 Å². The highest BCUT2D eigenvalue weighted by molar-refractivity contribution is 5.61. The van der Waals surface area contributed by atoms with E-state index in [-0.39, 0.29) is 5.56 Å². The Morgan fingerprint density at radius 2 is 1.93 bits per heavy atom. The van der Waals surface area contributed by atoms with Crippen molar-refractivity contribution in [3.8, 4) is 11.3 Å². The SMILES string of the molecule is Nc1cc(-c2cc3n(c(=O)c2)C[C@H]2C[C@@H]3CN(Cc3ccncc3)C2)ncn1. The number of aromatic nitrogens is 4. The molecule has 0 amide bonds. The number of anilines is 1. The van der Waals surface area contributed by atoms with E-state index in [9.17, 15) is 4.79 Å². The number of piperidine rings is 1. The Morgan fingerprint density at radius 1 is 1.07 bits per heavy atom. The first-order chi connectivity index (χ1) is 13.7. The molecule has 7 nitrogen and oxygen atoms in total. The molecule has 2 N–H and O–H groups in total. The molecular weight excluding hydrogens is 352 g/mol. The van der Waals surface area contributed by atoms with Gasteiger partial charge in [0.1, 0.15) is 12.1 Å². The van der Waals surface area contributed by atoms with Crippen molar-refractivity contribution < 1.29 is 0 Å². The lowest BCUT2D eigenvalue weighted by molar-refractivity contribution is 0.114. The molecule has 5 rings (SSSR count). The average molecular weight is 374 g/mol. The van der Waals surface area contributed by atoms with Gasteiger partial charge in [-0.05, 0) is 36.1 Å². The van der Waals surface area contributed by atoms with Gasteiger partial charge in [0.2, 0.25) is 0 Å². The van der Waals surface area contributed by atoms with Crippen molar-refractivity contribution in [2.24, 2.45) is 5.92 Å². The highest BCUT2D eigenvalue weighted by Crippen LogP contribution is 2.36. The van der Waals surface area contributed by atoms with E-state index >= 15 is 0 Å². The van der Waals surface area contributed by atoms with E-state index in [2.05, 4.69) is 38.1 Å². The van der Waals surface area contributed by atoms with E-state index in [0.717, 1.165) is 43.9 Å². The van der Waals surface area contributed by atoms with Crippen LogP contribution in [0.25, 0.3) is 11.3 Å². The highest BCUT2D eigenvalue weighted by Gasteiger charge is 2.34. The van der Waals surface area contributed by atoms with Gasteiger partial charge < -0.3 is 10.3 Å². The third-order valence-electron chi connectivity index (χ3n) is 5.77. The van der Waals surface area contributed by atoms with Crippen molar-refractivity contribution in [2.75, 3.05) is 18.8 Å². The smallest absolute Gasteiger partial charge is 0.251 e. The predicted octanol–water partition coefficient (Wildman–Crippen LogP) is 1.90. The average Bonchev–Trinajstić information content (AvgIpc) is 2.69. The van der Waals surface area contributed by atoms with Crippen LogP contribution in [0, 0.1) is 5.92 Å². The number of nitrogens with two attached hydrogens (primary N) is 1. The Kier molecular flexibility index (Phi) is 4.16. The van der Waals surface area contributed by atoms with E-state index in [1.165, 1.54) is 11.9 Å². The first-order valence-electron chi connectivity index (χ1n) is 9.59. The van der Waals surface area contributed by atoms with Crippen LogP contribution in [0.3, 0.4) is 0 Å². The summed E-state index contributed by atoms with van der Waals surface area (Å²) in [5.74, 6) is 1.26. The third kappa shape index (κ3) is 3.18. The molecule has 0 aliphatic carbocycles. The van der Waals surface area contributed by atoms with Crippen LogP contribution in [0.1, 0.15) is 23.6 Å².